The quantitative estimate of drug-likeness (QED) is 0.730. The van der Waals surface area contributed by atoms with Gasteiger partial charge >= 0.3 is 0 Å². The Morgan fingerprint density at radius 3 is 2.79 bits per heavy atom. The van der Waals surface area contributed by atoms with Gasteiger partial charge in [-0.2, -0.15) is 5.26 Å². The third-order valence-corrected chi connectivity index (χ3v) is 3.49. The first-order valence-corrected chi connectivity index (χ1v) is 7.37. The third-order valence-electron chi connectivity index (χ3n) is 3.49. The van der Waals surface area contributed by atoms with Crippen LogP contribution < -0.4 is 9.47 Å². The number of nitrogens with one attached hydrogen (secondary N) is 1. The number of nitriles is 1. The Hall–Kier alpha value is -3.04. The van der Waals surface area contributed by atoms with Crippen molar-refractivity contribution in [1.82, 2.24) is 4.98 Å². The molecule has 0 saturated heterocycles. The Morgan fingerprint density at radius 2 is 2.00 bits per heavy atom. The van der Waals surface area contributed by atoms with E-state index in [-0.39, 0.29) is 24.5 Å². The molecule has 0 aliphatic carbocycles. The van der Waals surface area contributed by atoms with E-state index in [1.807, 2.05) is 30.5 Å². The normalized spacial score (nSPS) is 11.9. The van der Waals surface area contributed by atoms with Crippen LogP contribution in [0.3, 0.4) is 0 Å². The summed E-state index contributed by atoms with van der Waals surface area (Å²) in [6, 6.07) is 13.2. The number of benzene rings is 2. The molecule has 0 bridgehead atoms. The van der Waals surface area contributed by atoms with E-state index in [0.717, 1.165) is 17.0 Å². The summed E-state index contributed by atoms with van der Waals surface area (Å²) < 4.78 is 24.4. The second-order valence-electron chi connectivity index (χ2n) is 5.22. The van der Waals surface area contributed by atoms with Crippen LogP contribution in [-0.4, -0.2) is 29.4 Å². The summed E-state index contributed by atoms with van der Waals surface area (Å²) in [4.78, 5) is 3.08. The number of aromatic amines is 1. The van der Waals surface area contributed by atoms with Gasteiger partial charge in [-0.1, -0.05) is 6.07 Å². The minimum atomic E-state index is -0.877. The number of H-pyrrole nitrogens is 1. The maximum absolute atomic E-state index is 13.5. The molecular formula is C18H15FN2O3. The van der Waals surface area contributed by atoms with Gasteiger partial charge < -0.3 is 19.6 Å². The zero-order valence-electron chi connectivity index (χ0n) is 12.7. The number of fused-ring (bicyclic) bond motifs is 1. The Morgan fingerprint density at radius 1 is 1.17 bits per heavy atom. The lowest BCUT2D eigenvalue weighted by Gasteiger charge is -2.14. The van der Waals surface area contributed by atoms with Crippen LogP contribution in [0.15, 0.2) is 48.7 Å². The maximum atomic E-state index is 13.5. The van der Waals surface area contributed by atoms with Crippen molar-refractivity contribution in [3.8, 4) is 17.6 Å². The van der Waals surface area contributed by atoms with Crippen LogP contribution in [0.25, 0.3) is 10.9 Å². The van der Waals surface area contributed by atoms with Crippen molar-refractivity contribution in [2.75, 3.05) is 13.2 Å². The van der Waals surface area contributed by atoms with Crippen molar-refractivity contribution < 1.29 is 19.0 Å². The fourth-order valence-electron chi connectivity index (χ4n) is 2.29. The van der Waals surface area contributed by atoms with E-state index in [0.29, 0.717) is 5.75 Å². The van der Waals surface area contributed by atoms with E-state index in [9.17, 15) is 9.50 Å². The second kappa shape index (κ2) is 7.02. The molecule has 6 heteroatoms. The first-order valence-electron chi connectivity index (χ1n) is 7.37. The Kier molecular flexibility index (Phi) is 4.64. The fourth-order valence-corrected chi connectivity index (χ4v) is 2.29. The first kappa shape index (κ1) is 15.8. The monoisotopic (exact) mass is 326 g/mol. The number of halogens is 1. The average molecular weight is 326 g/mol. The van der Waals surface area contributed by atoms with Crippen LogP contribution in [-0.2, 0) is 0 Å². The number of rotatable bonds is 6. The van der Waals surface area contributed by atoms with Crippen molar-refractivity contribution >= 4 is 10.9 Å². The highest BCUT2D eigenvalue weighted by molar-refractivity contribution is 5.85. The van der Waals surface area contributed by atoms with Gasteiger partial charge in [0.2, 0.25) is 0 Å². The van der Waals surface area contributed by atoms with Crippen LogP contribution >= 0.6 is 0 Å². The molecule has 122 valence electrons. The molecule has 1 atom stereocenters. The summed E-state index contributed by atoms with van der Waals surface area (Å²) in [6.07, 6.45) is 0.939. The molecule has 5 nitrogen and oxygen atoms in total. The lowest BCUT2D eigenvalue weighted by Crippen LogP contribution is -2.25. The third kappa shape index (κ3) is 3.47. The molecule has 0 aliphatic rings. The minimum absolute atomic E-state index is 0.0447. The molecule has 1 unspecified atom stereocenters. The molecule has 3 rings (SSSR count). The van der Waals surface area contributed by atoms with Crippen LogP contribution in [0.4, 0.5) is 4.39 Å². The zero-order chi connectivity index (χ0) is 16.9. The summed E-state index contributed by atoms with van der Waals surface area (Å²) in [6.45, 7) is -0.00247. The summed E-state index contributed by atoms with van der Waals surface area (Å²) in [5, 5.41) is 19.6. The van der Waals surface area contributed by atoms with E-state index in [4.69, 9.17) is 14.7 Å². The largest absolute Gasteiger partial charge is 0.491 e. The molecule has 0 spiro atoms. The van der Waals surface area contributed by atoms with Crippen molar-refractivity contribution in [3.63, 3.8) is 0 Å². The van der Waals surface area contributed by atoms with E-state index >= 15 is 0 Å². The topological polar surface area (TPSA) is 78.3 Å². The molecule has 3 aromatic rings. The van der Waals surface area contributed by atoms with E-state index < -0.39 is 11.9 Å². The predicted molar refractivity (Wildman–Crippen MR) is 86.4 cm³/mol. The highest BCUT2D eigenvalue weighted by atomic mass is 19.1. The summed E-state index contributed by atoms with van der Waals surface area (Å²) in [5.41, 5.74) is 0.900. The second-order valence-corrected chi connectivity index (χ2v) is 5.22. The van der Waals surface area contributed by atoms with Gasteiger partial charge in [0.05, 0.1) is 5.56 Å². The molecule has 0 saturated carbocycles. The zero-order valence-corrected chi connectivity index (χ0v) is 12.7. The van der Waals surface area contributed by atoms with Crippen LogP contribution in [0.5, 0.6) is 11.5 Å². The lowest BCUT2D eigenvalue weighted by molar-refractivity contribution is 0.0631. The highest BCUT2D eigenvalue weighted by Gasteiger charge is 2.10. The van der Waals surface area contributed by atoms with Gasteiger partial charge in [0.25, 0.3) is 0 Å². The lowest BCUT2D eigenvalue weighted by atomic mass is 10.2. The van der Waals surface area contributed by atoms with Crippen molar-refractivity contribution in [3.05, 3.63) is 60.0 Å². The number of aliphatic hydroxyl groups is 1. The standard InChI is InChI=1S/C18H15FN2O3/c19-16-8-14(5-4-12(16)9-20)23-10-13(22)11-24-18-3-1-2-17-15(18)6-7-21-17/h1-8,13,21-22H,10-11H2. The van der Waals surface area contributed by atoms with Gasteiger partial charge in [0, 0.05) is 23.2 Å². The maximum Gasteiger partial charge on any atom is 0.144 e. The molecule has 24 heavy (non-hydrogen) atoms. The smallest absolute Gasteiger partial charge is 0.144 e. The van der Waals surface area contributed by atoms with Crippen LogP contribution in [0.2, 0.25) is 0 Å². The van der Waals surface area contributed by atoms with E-state index in [1.54, 1.807) is 6.07 Å². The minimum Gasteiger partial charge on any atom is -0.491 e. The van der Waals surface area contributed by atoms with Crippen LogP contribution in [0.1, 0.15) is 5.56 Å². The van der Waals surface area contributed by atoms with E-state index in [2.05, 4.69) is 4.98 Å². The molecule has 0 aliphatic heterocycles. The van der Waals surface area contributed by atoms with Gasteiger partial charge in [-0.25, -0.2) is 4.39 Å². The molecule has 2 N–H and O–H groups in total. The van der Waals surface area contributed by atoms with E-state index in [1.165, 1.54) is 12.1 Å². The number of hydrogen-bond acceptors (Lipinski definition) is 4. The summed E-state index contributed by atoms with van der Waals surface area (Å²) >= 11 is 0. The highest BCUT2D eigenvalue weighted by Crippen LogP contribution is 2.24. The average Bonchev–Trinajstić information content (AvgIpc) is 3.07. The van der Waals surface area contributed by atoms with Crippen LogP contribution in [0, 0.1) is 17.1 Å². The number of aliphatic hydroxyl groups excluding tert-OH is 1. The van der Waals surface area contributed by atoms with Gasteiger partial charge in [-0.05, 0) is 30.3 Å². The van der Waals surface area contributed by atoms with Crippen molar-refractivity contribution in [2.45, 2.75) is 6.10 Å². The molecule has 1 aromatic heterocycles. The number of hydrogen-bond donors (Lipinski definition) is 2. The Labute approximate surface area is 137 Å². The SMILES string of the molecule is N#Cc1ccc(OCC(O)COc2cccc3[nH]ccc23)cc1F. The summed E-state index contributed by atoms with van der Waals surface area (Å²) in [5.74, 6) is 0.260. The number of nitrogens with zero attached hydrogens (tertiary/aromatic N) is 1. The predicted octanol–water partition coefficient (Wildman–Crippen LogP) is 3.00. The fraction of sp³-hybridized carbons (Fsp3) is 0.167. The number of aromatic nitrogens is 1. The molecule has 1 heterocycles. The number of ether oxygens (including phenoxy) is 2. The molecule has 0 fully saturated rings. The molecular weight excluding hydrogens is 311 g/mol. The van der Waals surface area contributed by atoms with Crippen molar-refractivity contribution in [2.24, 2.45) is 0 Å². The van der Waals surface area contributed by atoms with Gasteiger partial charge in [-0.3, -0.25) is 0 Å². The summed E-state index contributed by atoms with van der Waals surface area (Å²) in [7, 11) is 0. The van der Waals surface area contributed by atoms with Crippen molar-refractivity contribution in [1.29, 1.82) is 5.26 Å². The Bertz CT molecular complexity index is 885. The molecule has 2 aromatic carbocycles. The molecule has 0 amide bonds. The van der Waals surface area contributed by atoms with Gasteiger partial charge in [0.1, 0.15) is 42.7 Å². The molecule has 0 radical (unpaired) electrons. The Balaban J connectivity index is 1.54. The van der Waals surface area contributed by atoms with Gasteiger partial charge in [-0.15, -0.1) is 0 Å². The van der Waals surface area contributed by atoms with Gasteiger partial charge in [0.15, 0.2) is 0 Å². The first-order chi connectivity index (χ1) is 11.7.